The molecule has 94 valence electrons. The van der Waals surface area contributed by atoms with Crippen molar-refractivity contribution in [1.29, 1.82) is 0 Å². The number of hydrogen-bond acceptors (Lipinski definition) is 3. The largest absolute Gasteiger partial charge is 0.288 e. The first-order valence-corrected chi connectivity index (χ1v) is 7.42. The smallest absolute Gasteiger partial charge is 0.205 e. The summed E-state index contributed by atoms with van der Waals surface area (Å²) in [7, 11) is 0. The summed E-state index contributed by atoms with van der Waals surface area (Å²) >= 11 is 4.92. The highest BCUT2D eigenvalue weighted by Gasteiger charge is 2.16. The molecular formula is C15H10BrNOS. The predicted octanol–water partition coefficient (Wildman–Crippen LogP) is 4.60. The van der Waals surface area contributed by atoms with Crippen LogP contribution in [0, 0.1) is 6.92 Å². The number of aromatic nitrogens is 1. The summed E-state index contributed by atoms with van der Waals surface area (Å²) in [6, 6.07) is 11.5. The van der Waals surface area contributed by atoms with Crippen molar-refractivity contribution in [3.8, 4) is 0 Å². The van der Waals surface area contributed by atoms with Gasteiger partial charge in [0, 0.05) is 17.1 Å². The van der Waals surface area contributed by atoms with Crippen LogP contribution in [0.15, 0.2) is 46.4 Å². The Morgan fingerprint density at radius 2 is 2.05 bits per heavy atom. The molecule has 19 heavy (non-hydrogen) atoms. The number of pyridine rings is 1. The number of thiophene rings is 1. The summed E-state index contributed by atoms with van der Waals surface area (Å²) in [5, 5.41) is 0.987. The average molecular weight is 332 g/mol. The molecule has 0 spiro atoms. The summed E-state index contributed by atoms with van der Waals surface area (Å²) in [5.74, 6) is 0.0306. The van der Waals surface area contributed by atoms with Crippen LogP contribution in [0.1, 0.15) is 20.8 Å². The Morgan fingerprint density at radius 3 is 2.79 bits per heavy atom. The Bertz CT molecular complexity index is 754. The van der Waals surface area contributed by atoms with E-state index in [1.165, 1.54) is 11.3 Å². The van der Waals surface area contributed by atoms with E-state index in [2.05, 4.69) is 20.9 Å². The maximum atomic E-state index is 12.6. The molecule has 0 aliphatic rings. The van der Waals surface area contributed by atoms with Gasteiger partial charge in [0.1, 0.15) is 0 Å². The van der Waals surface area contributed by atoms with Gasteiger partial charge in [-0.3, -0.25) is 9.78 Å². The fraction of sp³-hybridized carbons (Fsp3) is 0.0667. The van der Waals surface area contributed by atoms with Crippen molar-refractivity contribution in [3.05, 3.63) is 62.4 Å². The van der Waals surface area contributed by atoms with Crippen LogP contribution in [0.2, 0.25) is 0 Å². The molecule has 0 unspecified atom stereocenters. The van der Waals surface area contributed by atoms with Gasteiger partial charge in [-0.25, -0.2) is 0 Å². The monoisotopic (exact) mass is 331 g/mol. The first-order valence-electron chi connectivity index (χ1n) is 5.81. The first kappa shape index (κ1) is 12.5. The summed E-state index contributed by atoms with van der Waals surface area (Å²) < 4.78 is 1.00. The van der Waals surface area contributed by atoms with Crippen LogP contribution in [0.4, 0.5) is 0 Å². The van der Waals surface area contributed by atoms with Crippen LogP contribution in [0.3, 0.4) is 0 Å². The van der Waals surface area contributed by atoms with E-state index in [0.29, 0.717) is 5.56 Å². The Kier molecular flexibility index (Phi) is 3.21. The van der Waals surface area contributed by atoms with Crippen LogP contribution >= 0.6 is 27.3 Å². The lowest BCUT2D eigenvalue weighted by atomic mass is 10.0. The van der Waals surface area contributed by atoms with Crippen molar-refractivity contribution in [3.63, 3.8) is 0 Å². The maximum absolute atomic E-state index is 12.6. The SMILES string of the molecule is Cc1cc(C(=O)c2cccc3cccnc23)sc1Br. The van der Waals surface area contributed by atoms with Gasteiger partial charge in [-0.1, -0.05) is 18.2 Å². The van der Waals surface area contributed by atoms with Crippen LogP contribution in [0.25, 0.3) is 10.9 Å². The van der Waals surface area contributed by atoms with E-state index in [9.17, 15) is 4.79 Å². The van der Waals surface area contributed by atoms with E-state index in [1.807, 2.05) is 43.3 Å². The first-order chi connectivity index (χ1) is 9.16. The highest BCUT2D eigenvalue weighted by Crippen LogP contribution is 2.30. The number of para-hydroxylation sites is 1. The van der Waals surface area contributed by atoms with Crippen molar-refractivity contribution >= 4 is 44.0 Å². The van der Waals surface area contributed by atoms with Gasteiger partial charge in [-0.05, 0) is 46.6 Å². The van der Waals surface area contributed by atoms with Crippen LogP contribution in [0.5, 0.6) is 0 Å². The van der Waals surface area contributed by atoms with E-state index >= 15 is 0 Å². The molecule has 2 aromatic heterocycles. The fourth-order valence-electron chi connectivity index (χ4n) is 1.99. The van der Waals surface area contributed by atoms with Crippen molar-refractivity contribution in [2.45, 2.75) is 6.92 Å². The minimum absolute atomic E-state index is 0.0306. The van der Waals surface area contributed by atoms with Crippen molar-refractivity contribution < 1.29 is 4.79 Å². The molecule has 3 aromatic rings. The molecular weight excluding hydrogens is 322 g/mol. The van der Waals surface area contributed by atoms with Gasteiger partial charge in [0.2, 0.25) is 5.78 Å². The maximum Gasteiger partial charge on any atom is 0.205 e. The zero-order valence-corrected chi connectivity index (χ0v) is 12.6. The van der Waals surface area contributed by atoms with E-state index in [0.717, 1.165) is 25.1 Å². The van der Waals surface area contributed by atoms with E-state index in [-0.39, 0.29) is 5.78 Å². The van der Waals surface area contributed by atoms with Gasteiger partial charge in [0.15, 0.2) is 0 Å². The number of hydrogen-bond donors (Lipinski definition) is 0. The lowest BCUT2D eigenvalue weighted by Crippen LogP contribution is -2.00. The molecule has 0 atom stereocenters. The predicted molar refractivity (Wildman–Crippen MR) is 81.9 cm³/mol. The van der Waals surface area contributed by atoms with Gasteiger partial charge in [0.05, 0.1) is 14.2 Å². The number of nitrogens with zero attached hydrogens (tertiary/aromatic N) is 1. The second kappa shape index (κ2) is 4.87. The zero-order valence-electron chi connectivity index (χ0n) is 10.2. The van der Waals surface area contributed by atoms with Gasteiger partial charge < -0.3 is 0 Å². The number of aryl methyl sites for hydroxylation is 1. The van der Waals surface area contributed by atoms with Crippen LogP contribution in [-0.2, 0) is 0 Å². The number of benzene rings is 1. The lowest BCUT2D eigenvalue weighted by molar-refractivity contribution is 0.104. The highest BCUT2D eigenvalue weighted by atomic mass is 79.9. The molecule has 0 aliphatic heterocycles. The molecule has 0 N–H and O–H groups in total. The standard InChI is InChI=1S/C15H10BrNOS/c1-9-8-12(19-15(9)16)14(18)11-6-2-4-10-5-3-7-17-13(10)11/h2-8H,1H3. The summed E-state index contributed by atoms with van der Waals surface area (Å²) in [4.78, 5) is 17.6. The van der Waals surface area contributed by atoms with Gasteiger partial charge in [-0.15, -0.1) is 11.3 Å². The third-order valence-electron chi connectivity index (χ3n) is 2.96. The Hall–Kier alpha value is -1.52. The lowest BCUT2D eigenvalue weighted by Gasteiger charge is -2.02. The second-order valence-corrected chi connectivity index (χ2v) is 6.65. The fourth-order valence-corrected chi connectivity index (χ4v) is 3.48. The van der Waals surface area contributed by atoms with Crippen LogP contribution < -0.4 is 0 Å². The van der Waals surface area contributed by atoms with Crippen LogP contribution in [-0.4, -0.2) is 10.8 Å². The second-order valence-electron chi connectivity index (χ2n) is 4.28. The van der Waals surface area contributed by atoms with E-state index in [1.54, 1.807) is 6.20 Å². The molecule has 0 radical (unpaired) electrons. The Balaban J connectivity index is 2.16. The van der Waals surface area contributed by atoms with Crippen molar-refractivity contribution in [2.75, 3.05) is 0 Å². The molecule has 3 rings (SSSR count). The highest BCUT2D eigenvalue weighted by molar-refractivity contribution is 9.11. The molecule has 0 aliphatic carbocycles. The molecule has 0 amide bonds. The molecule has 0 saturated carbocycles. The number of carbonyl (C=O) groups excluding carboxylic acids is 1. The number of fused-ring (bicyclic) bond motifs is 1. The van der Waals surface area contributed by atoms with Crippen molar-refractivity contribution in [2.24, 2.45) is 0 Å². The molecule has 1 aromatic carbocycles. The minimum Gasteiger partial charge on any atom is -0.288 e. The molecule has 2 nitrogen and oxygen atoms in total. The third kappa shape index (κ3) is 2.22. The molecule has 2 heterocycles. The van der Waals surface area contributed by atoms with Gasteiger partial charge in [-0.2, -0.15) is 0 Å². The Morgan fingerprint density at radius 1 is 1.26 bits per heavy atom. The summed E-state index contributed by atoms with van der Waals surface area (Å²) in [6.45, 7) is 1.98. The molecule has 4 heteroatoms. The molecule has 0 fully saturated rings. The van der Waals surface area contributed by atoms with Gasteiger partial charge in [0.25, 0.3) is 0 Å². The minimum atomic E-state index is 0.0306. The van der Waals surface area contributed by atoms with Crippen molar-refractivity contribution in [1.82, 2.24) is 4.98 Å². The summed E-state index contributed by atoms with van der Waals surface area (Å²) in [6.07, 6.45) is 1.72. The topological polar surface area (TPSA) is 30.0 Å². The average Bonchev–Trinajstić information content (AvgIpc) is 2.77. The normalized spacial score (nSPS) is 10.8. The number of rotatable bonds is 2. The Labute approximate surface area is 123 Å². The number of ketones is 1. The quantitative estimate of drug-likeness (QED) is 0.642. The third-order valence-corrected chi connectivity index (χ3v) is 5.09. The molecule has 0 bridgehead atoms. The van der Waals surface area contributed by atoms with E-state index < -0.39 is 0 Å². The van der Waals surface area contributed by atoms with Gasteiger partial charge >= 0.3 is 0 Å². The zero-order chi connectivity index (χ0) is 13.4. The summed E-state index contributed by atoms with van der Waals surface area (Å²) in [5.41, 5.74) is 2.51. The number of carbonyl (C=O) groups is 1. The molecule has 0 saturated heterocycles. The van der Waals surface area contributed by atoms with E-state index in [4.69, 9.17) is 0 Å². The number of halogens is 1.